The molecule has 1 aromatic rings. The normalized spacial score (nSPS) is 14.4. The molecule has 0 aliphatic carbocycles. The maximum absolute atomic E-state index is 11.0. The third-order valence-electron chi connectivity index (χ3n) is 1.66. The molecule has 2 heterocycles. The Morgan fingerprint density at radius 3 is 2.91 bits per heavy atom. The molecule has 1 aliphatic heterocycles. The van der Waals surface area contributed by atoms with Crippen molar-refractivity contribution in [2.24, 2.45) is 0 Å². The number of rotatable bonds is 0. The van der Waals surface area contributed by atoms with E-state index < -0.39 is 0 Å². The summed E-state index contributed by atoms with van der Waals surface area (Å²) in [5.74, 6) is -0.114. The lowest BCUT2D eigenvalue weighted by Gasteiger charge is -1.92. The van der Waals surface area contributed by atoms with Crippen LogP contribution >= 0.6 is 0 Å². The van der Waals surface area contributed by atoms with Gasteiger partial charge >= 0.3 is 0 Å². The molecule has 0 fully saturated rings. The van der Waals surface area contributed by atoms with Gasteiger partial charge in [-0.2, -0.15) is 0 Å². The van der Waals surface area contributed by atoms with E-state index in [0.29, 0.717) is 12.1 Å². The zero-order chi connectivity index (χ0) is 7.84. The topological polar surface area (TPSA) is 62.0 Å². The molecular weight excluding hydrogens is 144 g/mol. The molecule has 1 aromatic heterocycles. The molecule has 11 heavy (non-hydrogen) atoms. The summed E-state index contributed by atoms with van der Waals surface area (Å²) in [6.45, 7) is 0. The van der Waals surface area contributed by atoms with Crippen molar-refractivity contribution in [2.45, 2.75) is 6.42 Å². The lowest BCUT2D eigenvalue weighted by atomic mass is 10.2. The van der Waals surface area contributed by atoms with E-state index in [1.807, 2.05) is 0 Å². The van der Waals surface area contributed by atoms with Gasteiger partial charge in [0.25, 0.3) is 5.56 Å². The fraction of sp³-hybridized carbons (Fsp3) is 0.143. The van der Waals surface area contributed by atoms with Gasteiger partial charge in [-0.15, -0.1) is 0 Å². The van der Waals surface area contributed by atoms with Crippen LogP contribution < -0.4 is 10.9 Å². The van der Waals surface area contributed by atoms with Crippen LogP contribution in [0.5, 0.6) is 0 Å². The van der Waals surface area contributed by atoms with Crippen LogP contribution in [0, 0.1) is 0 Å². The van der Waals surface area contributed by atoms with Gasteiger partial charge in [0.15, 0.2) is 0 Å². The second-order valence-electron chi connectivity index (χ2n) is 2.43. The number of H-pyrrole nitrogens is 1. The van der Waals surface area contributed by atoms with Crippen LogP contribution in [0.1, 0.15) is 5.56 Å². The molecule has 1 amide bonds. The van der Waals surface area contributed by atoms with E-state index >= 15 is 0 Å². The Labute approximate surface area is 62.2 Å². The number of hydrogen-bond acceptors (Lipinski definition) is 2. The number of aromatic nitrogens is 1. The van der Waals surface area contributed by atoms with Crippen LogP contribution in [0.2, 0.25) is 0 Å². The quantitative estimate of drug-likeness (QED) is 0.541. The Balaban J connectivity index is 2.66. The number of carbonyl (C=O) groups is 1. The highest BCUT2D eigenvalue weighted by Crippen LogP contribution is 2.15. The van der Waals surface area contributed by atoms with Gasteiger partial charge in [0.2, 0.25) is 5.91 Å². The van der Waals surface area contributed by atoms with Gasteiger partial charge in [-0.25, -0.2) is 0 Å². The molecule has 1 aliphatic rings. The van der Waals surface area contributed by atoms with Crippen LogP contribution in [-0.2, 0) is 11.2 Å². The van der Waals surface area contributed by atoms with Crippen molar-refractivity contribution in [3.8, 4) is 0 Å². The Morgan fingerprint density at radius 1 is 1.36 bits per heavy atom. The Hall–Kier alpha value is -1.58. The van der Waals surface area contributed by atoms with Gasteiger partial charge in [0.1, 0.15) is 5.69 Å². The molecular formula is C7H6N2O2. The van der Waals surface area contributed by atoms with Crippen molar-refractivity contribution in [1.29, 1.82) is 0 Å². The minimum absolute atomic E-state index is 0.114. The van der Waals surface area contributed by atoms with E-state index in [-0.39, 0.29) is 11.5 Å². The Morgan fingerprint density at radius 2 is 2.18 bits per heavy atom. The van der Waals surface area contributed by atoms with Gasteiger partial charge in [0.05, 0.1) is 6.42 Å². The maximum Gasteiger partial charge on any atom is 0.272 e. The molecule has 56 valence electrons. The van der Waals surface area contributed by atoms with E-state index in [1.54, 1.807) is 12.3 Å². The smallest absolute Gasteiger partial charge is 0.272 e. The molecule has 0 saturated heterocycles. The molecule has 0 atom stereocenters. The van der Waals surface area contributed by atoms with E-state index in [4.69, 9.17) is 0 Å². The summed E-state index contributed by atoms with van der Waals surface area (Å²) in [6.07, 6.45) is 1.86. The fourth-order valence-corrected chi connectivity index (χ4v) is 1.16. The number of carbonyl (C=O) groups excluding carboxylic acids is 1. The van der Waals surface area contributed by atoms with Gasteiger partial charge in [-0.3, -0.25) is 9.59 Å². The summed E-state index contributed by atoms with van der Waals surface area (Å²) in [5, 5.41) is 2.48. The minimum atomic E-state index is -0.228. The Bertz CT molecular complexity index is 367. The van der Waals surface area contributed by atoms with E-state index in [9.17, 15) is 9.59 Å². The van der Waals surface area contributed by atoms with E-state index in [1.165, 1.54) is 0 Å². The highest BCUT2D eigenvalue weighted by Gasteiger charge is 2.19. The first-order chi connectivity index (χ1) is 5.27. The average Bonchev–Trinajstić information content (AvgIpc) is 2.31. The van der Waals surface area contributed by atoms with Crippen molar-refractivity contribution < 1.29 is 4.79 Å². The largest absolute Gasteiger partial charge is 0.327 e. The first-order valence-corrected chi connectivity index (χ1v) is 3.28. The SMILES string of the molecule is O=C1Cc2cc[nH]c(=O)c2N1. The fourth-order valence-electron chi connectivity index (χ4n) is 1.16. The van der Waals surface area contributed by atoms with E-state index in [0.717, 1.165) is 5.56 Å². The molecule has 2 N–H and O–H groups in total. The van der Waals surface area contributed by atoms with Crippen molar-refractivity contribution in [2.75, 3.05) is 5.32 Å². The summed E-state index contributed by atoms with van der Waals surface area (Å²) in [6, 6.07) is 1.73. The van der Waals surface area contributed by atoms with E-state index in [2.05, 4.69) is 10.3 Å². The highest BCUT2D eigenvalue weighted by atomic mass is 16.2. The van der Waals surface area contributed by atoms with Gasteiger partial charge in [-0.05, 0) is 11.6 Å². The summed E-state index contributed by atoms with van der Waals surface area (Å²) in [4.78, 5) is 24.3. The number of amides is 1. The standard InChI is InChI=1S/C7H6N2O2/c10-5-3-4-1-2-8-7(11)6(4)9-5/h1-2H,3H2,(H,8,11)(H,9,10). The maximum atomic E-state index is 11.0. The number of hydrogen-bond donors (Lipinski definition) is 2. The Kier molecular flexibility index (Phi) is 1.09. The number of aromatic amines is 1. The second kappa shape index (κ2) is 1.95. The molecule has 0 saturated carbocycles. The molecule has 2 rings (SSSR count). The summed E-state index contributed by atoms with van der Waals surface area (Å²) in [5.41, 5.74) is 0.949. The molecule has 0 spiro atoms. The van der Waals surface area contributed by atoms with Gasteiger partial charge in [0, 0.05) is 6.20 Å². The predicted octanol–water partition coefficient (Wildman–Crippen LogP) is -0.131. The van der Waals surface area contributed by atoms with Crippen LogP contribution in [0.3, 0.4) is 0 Å². The molecule has 0 unspecified atom stereocenters. The van der Waals surface area contributed by atoms with Crippen molar-refractivity contribution in [1.82, 2.24) is 4.98 Å². The summed E-state index contributed by atoms with van der Waals surface area (Å²) >= 11 is 0. The molecule has 0 bridgehead atoms. The zero-order valence-corrected chi connectivity index (χ0v) is 5.68. The molecule has 4 nitrogen and oxygen atoms in total. The third-order valence-corrected chi connectivity index (χ3v) is 1.66. The third kappa shape index (κ3) is 0.832. The molecule has 4 heteroatoms. The molecule has 0 aromatic carbocycles. The lowest BCUT2D eigenvalue weighted by molar-refractivity contribution is -0.115. The van der Waals surface area contributed by atoms with Crippen molar-refractivity contribution in [3.63, 3.8) is 0 Å². The number of fused-ring (bicyclic) bond motifs is 1. The minimum Gasteiger partial charge on any atom is -0.327 e. The van der Waals surface area contributed by atoms with Crippen LogP contribution in [0.4, 0.5) is 5.69 Å². The van der Waals surface area contributed by atoms with Gasteiger partial charge in [-0.1, -0.05) is 0 Å². The zero-order valence-electron chi connectivity index (χ0n) is 5.68. The van der Waals surface area contributed by atoms with Crippen molar-refractivity contribution in [3.05, 3.63) is 28.2 Å². The van der Waals surface area contributed by atoms with Crippen LogP contribution in [0.15, 0.2) is 17.1 Å². The van der Waals surface area contributed by atoms with Crippen LogP contribution in [0.25, 0.3) is 0 Å². The first-order valence-electron chi connectivity index (χ1n) is 3.28. The van der Waals surface area contributed by atoms with Gasteiger partial charge < -0.3 is 10.3 Å². The predicted molar refractivity (Wildman–Crippen MR) is 39.4 cm³/mol. The highest BCUT2D eigenvalue weighted by molar-refractivity contribution is 5.98. The number of nitrogens with one attached hydrogen (secondary N) is 2. The number of anilines is 1. The molecule has 0 radical (unpaired) electrons. The second-order valence-corrected chi connectivity index (χ2v) is 2.43. The monoisotopic (exact) mass is 150 g/mol. The summed E-state index contributed by atoms with van der Waals surface area (Å²) < 4.78 is 0. The average molecular weight is 150 g/mol. The lowest BCUT2D eigenvalue weighted by Crippen LogP contribution is -2.12. The van der Waals surface area contributed by atoms with Crippen molar-refractivity contribution >= 4 is 11.6 Å². The first kappa shape index (κ1) is 6.15. The van der Waals surface area contributed by atoms with Crippen LogP contribution in [-0.4, -0.2) is 10.9 Å². The number of pyridine rings is 1. The summed E-state index contributed by atoms with van der Waals surface area (Å²) in [7, 11) is 0.